The van der Waals surface area contributed by atoms with Crippen LogP contribution >= 0.6 is 0 Å². The maximum absolute atomic E-state index is 13.4. The Morgan fingerprint density at radius 3 is 2.56 bits per heavy atom. The van der Waals surface area contributed by atoms with Gasteiger partial charge in [0, 0.05) is 37.3 Å². The summed E-state index contributed by atoms with van der Waals surface area (Å²) in [6.07, 6.45) is 4.31. The maximum Gasteiger partial charge on any atom is 0.252 e. The summed E-state index contributed by atoms with van der Waals surface area (Å²) in [6, 6.07) is 12.0. The first kappa shape index (κ1) is 23.9. The summed E-state index contributed by atoms with van der Waals surface area (Å²) >= 11 is 0. The van der Waals surface area contributed by atoms with Crippen LogP contribution in [0.5, 0.6) is 0 Å². The van der Waals surface area contributed by atoms with E-state index in [-0.39, 0.29) is 23.9 Å². The van der Waals surface area contributed by atoms with Gasteiger partial charge in [-0.1, -0.05) is 37.3 Å². The first-order chi connectivity index (χ1) is 16.5. The third-order valence-electron chi connectivity index (χ3n) is 6.23. The second-order valence-electron chi connectivity index (χ2n) is 9.22. The van der Waals surface area contributed by atoms with Crippen molar-refractivity contribution in [1.29, 1.82) is 0 Å². The van der Waals surface area contributed by atoms with Crippen LogP contribution in [0.15, 0.2) is 42.6 Å². The summed E-state index contributed by atoms with van der Waals surface area (Å²) < 4.78 is 1.86. The second-order valence-corrected chi connectivity index (χ2v) is 9.22. The summed E-state index contributed by atoms with van der Waals surface area (Å²) in [7, 11) is 0. The Kier molecular flexibility index (Phi) is 7.57. The molecule has 8 nitrogen and oxygen atoms in total. The van der Waals surface area contributed by atoms with Crippen LogP contribution in [0.1, 0.15) is 56.4 Å². The number of nitrogens with one attached hydrogen (secondary N) is 2. The fourth-order valence-electron chi connectivity index (χ4n) is 4.36. The molecule has 0 aliphatic carbocycles. The fourth-order valence-corrected chi connectivity index (χ4v) is 4.36. The molecular weight excluding hydrogens is 428 g/mol. The van der Waals surface area contributed by atoms with Crippen molar-refractivity contribution >= 4 is 22.8 Å². The highest BCUT2D eigenvalue weighted by Gasteiger charge is 2.24. The highest BCUT2D eigenvalue weighted by atomic mass is 16.2. The van der Waals surface area contributed by atoms with E-state index >= 15 is 0 Å². The number of fused-ring (bicyclic) bond motifs is 1. The van der Waals surface area contributed by atoms with Crippen LogP contribution in [0.25, 0.3) is 22.3 Å². The van der Waals surface area contributed by atoms with E-state index in [2.05, 4.69) is 34.5 Å². The molecule has 2 aromatic heterocycles. The summed E-state index contributed by atoms with van der Waals surface area (Å²) in [4.78, 5) is 32.4. The highest BCUT2D eigenvalue weighted by molar-refractivity contribution is 6.06. The minimum Gasteiger partial charge on any atom is -0.355 e. The van der Waals surface area contributed by atoms with Gasteiger partial charge in [-0.3, -0.25) is 14.5 Å². The Morgan fingerprint density at radius 2 is 1.88 bits per heavy atom. The van der Waals surface area contributed by atoms with E-state index in [0.717, 1.165) is 54.6 Å². The van der Waals surface area contributed by atoms with E-state index in [1.54, 1.807) is 6.20 Å². The predicted octanol–water partition coefficient (Wildman–Crippen LogP) is 3.40. The molecule has 1 fully saturated rings. The van der Waals surface area contributed by atoms with E-state index in [0.29, 0.717) is 18.7 Å². The maximum atomic E-state index is 13.4. The molecule has 1 aliphatic rings. The molecule has 0 radical (unpaired) electrons. The van der Waals surface area contributed by atoms with E-state index in [1.807, 2.05) is 48.0 Å². The molecule has 0 bridgehead atoms. The summed E-state index contributed by atoms with van der Waals surface area (Å²) in [5, 5.41) is 11.4. The largest absolute Gasteiger partial charge is 0.355 e. The molecular formula is C26H34N6O2. The lowest BCUT2D eigenvalue weighted by Gasteiger charge is -2.31. The molecule has 0 saturated carbocycles. The summed E-state index contributed by atoms with van der Waals surface area (Å²) in [5.74, 6) is -0.0360. The van der Waals surface area contributed by atoms with Crippen LogP contribution in [-0.4, -0.2) is 63.7 Å². The second kappa shape index (κ2) is 10.8. The molecule has 180 valence electrons. The van der Waals surface area contributed by atoms with Crippen LogP contribution in [-0.2, 0) is 4.79 Å². The monoisotopic (exact) mass is 462 g/mol. The predicted molar refractivity (Wildman–Crippen MR) is 134 cm³/mol. The third kappa shape index (κ3) is 5.44. The Bertz CT molecular complexity index is 1130. The zero-order chi connectivity index (χ0) is 24.1. The number of carbonyl (C=O) groups is 2. The number of piperidine rings is 1. The molecule has 1 aromatic carbocycles. The number of carbonyl (C=O) groups excluding carboxylic acids is 2. The van der Waals surface area contributed by atoms with Gasteiger partial charge < -0.3 is 10.6 Å². The molecule has 8 heteroatoms. The molecule has 0 spiro atoms. The standard InChI is InChI=1S/C26H34N6O2/c1-4-12-27-24(33)17-31-13-10-20(11-14-31)29-26(34)21-15-23(19-8-6-5-7-9-19)30-25-22(21)16-28-32(25)18(2)3/h5-9,15-16,18,20H,4,10-14,17H2,1-3H3,(H,27,33)(H,29,34). The molecule has 1 saturated heterocycles. The smallest absolute Gasteiger partial charge is 0.252 e. The van der Waals surface area contributed by atoms with Crippen molar-refractivity contribution < 1.29 is 9.59 Å². The van der Waals surface area contributed by atoms with Crippen molar-refractivity contribution in [3.8, 4) is 11.3 Å². The molecule has 3 aromatic rings. The summed E-state index contributed by atoms with van der Waals surface area (Å²) in [6.45, 7) is 8.86. The van der Waals surface area contributed by atoms with Crippen molar-refractivity contribution in [2.75, 3.05) is 26.2 Å². The van der Waals surface area contributed by atoms with Crippen molar-refractivity contribution in [3.05, 3.63) is 48.2 Å². The number of likely N-dealkylation sites (tertiary alicyclic amines) is 1. The normalized spacial score (nSPS) is 15.1. The van der Waals surface area contributed by atoms with Crippen LogP contribution in [0, 0.1) is 0 Å². The van der Waals surface area contributed by atoms with Crippen molar-refractivity contribution in [3.63, 3.8) is 0 Å². The fraction of sp³-hybridized carbons (Fsp3) is 0.462. The molecule has 2 amide bonds. The number of benzene rings is 1. The van der Waals surface area contributed by atoms with Gasteiger partial charge in [-0.05, 0) is 39.2 Å². The summed E-state index contributed by atoms with van der Waals surface area (Å²) in [5.41, 5.74) is 3.03. The van der Waals surface area contributed by atoms with Crippen LogP contribution < -0.4 is 10.6 Å². The number of nitrogens with zero attached hydrogens (tertiary/aromatic N) is 4. The molecule has 4 rings (SSSR count). The van der Waals surface area contributed by atoms with Crippen molar-refractivity contribution in [2.24, 2.45) is 0 Å². The van der Waals surface area contributed by atoms with Gasteiger partial charge in [-0.25, -0.2) is 9.67 Å². The van der Waals surface area contributed by atoms with Gasteiger partial charge in [0.2, 0.25) is 5.91 Å². The minimum absolute atomic E-state index is 0.0686. The lowest BCUT2D eigenvalue weighted by molar-refractivity contribution is -0.122. The quantitative estimate of drug-likeness (QED) is 0.535. The molecule has 1 aliphatic heterocycles. The Labute approximate surface area is 200 Å². The zero-order valence-corrected chi connectivity index (χ0v) is 20.3. The molecule has 0 unspecified atom stereocenters. The number of aromatic nitrogens is 3. The Morgan fingerprint density at radius 1 is 1.15 bits per heavy atom. The van der Waals surface area contributed by atoms with E-state index in [4.69, 9.17) is 4.98 Å². The first-order valence-electron chi connectivity index (χ1n) is 12.2. The lowest BCUT2D eigenvalue weighted by atomic mass is 10.0. The SMILES string of the molecule is CCCNC(=O)CN1CCC(NC(=O)c2cc(-c3ccccc3)nc3c2cnn3C(C)C)CC1. The number of hydrogen-bond acceptors (Lipinski definition) is 5. The van der Waals surface area contributed by atoms with Crippen molar-refractivity contribution in [1.82, 2.24) is 30.3 Å². The van der Waals surface area contributed by atoms with E-state index in [1.165, 1.54) is 0 Å². The number of amides is 2. The number of pyridine rings is 1. The topological polar surface area (TPSA) is 92.2 Å². The Balaban J connectivity index is 1.50. The Hall–Kier alpha value is -3.26. The van der Waals surface area contributed by atoms with Crippen LogP contribution in [0.4, 0.5) is 0 Å². The average molecular weight is 463 g/mol. The van der Waals surface area contributed by atoms with Gasteiger partial charge in [-0.2, -0.15) is 5.10 Å². The minimum atomic E-state index is -0.105. The molecule has 3 heterocycles. The van der Waals surface area contributed by atoms with Gasteiger partial charge in [0.25, 0.3) is 5.91 Å². The van der Waals surface area contributed by atoms with Gasteiger partial charge in [0.1, 0.15) is 0 Å². The van der Waals surface area contributed by atoms with Gasteiger partial charge in [0.15, 0.2) is 5.65 Å². The molecule has 34 heavy (non-hydrogen) atoms. The lowest BCUT2D eigenvalue weighted by Crippen LogP contribution is -2.47. The van der Waals surface area contributed by atoms with Crippen LogP contribution in [0.2, 0.25) is 0 Å². The van der Waals surface area contributed by atoms with Gasteiger partial charge in [0.05, 0.1) is 29.4 Å². The molecule has 0 atom stereocenters. The van der Waals surface area contributed by atoms with Gasteiger partial charge >= 0.3 is 0 Å². The number of hydrogen-bond donors (Lipinski definition) is 2. The number of rotatable bonds is 8. The van der Waals surface area contributed by atoms with E-state index < -0.39 is 0 Å². The first-order valence-corrected chi connectivity index (χ1v) is 12.2. The zero-order valence-electron chi connectivity index (χ0n) is 20.3. The van der Waals surface area contributed by atoms with Crippen molar-refractivity contribution in [2.45, 2.75) is 52.1 Å². The molecule has 2 N–H and O–H groups in total. The van der Waals surface area contributed by atoms with Crippen LogP contribution in [0.3, 0.4) is 0 Å². The third-order valence-corrected chi connectivity index (χ3v) is 6.23. The highest BCUT2D eigenvalue weighted by Crippen LogP contribution is 2.26. The van der Waals surface area contributed by atoms with Gasteiger partial charge in [-0.15, -0.1) is 0 Å². The van der Waals surface area contributed by atoms with E-state index in [9.17, 15) is 9.59 Å². The average Bonchev–Trinajstić information content (AvgIpc) is 3.28.